The average Bonchev–Trinajstić information content (AvgIpc) is 3.29. The number of piperidine rings is 1. The van der Waals surface area contributed by atoms with Crippen LogP contribution in [0.5, 0.6) is 11.6 Å². The van der Waals surface area contributed by atoms with Gasteiger partial charge >= 0.3 is 17.5 Å². The number of carboxylic acid groups (broad SMARTS) is 1. The molecule has 3 heterocycles. The third-order valence-corrected chi connectivity index (χ3v) is 5.32. The summed E-state index contributed by atoms with van der Waals surface area (Å²) >= 11 is 1.24. The third-order valence-electron chi connectivity index (χ3n) is 4.82. The molecule has 30 heavy (non-hydrogen) atoms. The van der Waals surface area contributed by atoms with Gasteiger partial charge in [-0.15, -0.1) is 5.10 Å². The van der Waals surface area contributed by atoms with E-state index in [1.807, 2.05) is 5.38 Å². The zero-order valence-corrected chi connectivity index (χ0v) is 16.4. The first-order valence-corrected chi connectivity index (χ1v) is 9.89. The van der Waals surface area contributed by atoms with E-state index in [1.165, 1.54) is 17.9 Å². The Balaban J connectivity index is 1.57. The summed E-state index contributed by atoms with van der Waals surface area (Å²) in [6, 6.07) is 6.88. The van der Waals surface area contributed by atoms with Crippen molar-refractivity contribution in [2.75, 3.05) is 18.0 Å². The monoisotopic (exact) mass is 428 g/mol. The summed E-state index contributed by atoms with van der Waals surface area (Å²) in [5.74, 6) is -0.983. The average molecular weight is 428 g/mol. The molecule has 154 valence electrons. The number of ether oxygens (including phenoxy) is 1. The van der Waals surface area contributed by atoms with Gasteiger partial charge in [-0.1, -0.05) is 4.49 Å². The molecule has 3 aromatic rings. The van der Waals surface area contributed by atoms with Crippen LogP contribution in [0.2, 0.25) is 0 Å². The molecule has 0 unspecified atom stereocenters. The summed E-state index contributed by atoms with van der Waals surface area (Å²) in [6.45, 7) is 0.704. The predicted molar refractivity (Wildman–Crippen MR) is 107 cm³/mol. The third kappa shape index (κ3) is 4.03. The molecule has 1 aliphatic rings. The van der Waals surface area contributed by atoms with Crippen molar-refractivity contribution in [2.24, 2.45) is 5.92 Å². The van der Waals surface area contributed by atoms with Crippen molar-refractivity contribution in [3.05, 3.63) is 46.1 Å². The van der Waals surface area contributed by atoms with Gasteiger partial charge in [0, 0.05) is 24.0 Å². The fourth-order valence-corrected chi connectivity index (χ4v) is 3.72. The van der Waals surface area contributed by atoms with Crippen LogP contribution in [-0.4, -0.2) is 48.6 Å². The maximum atomic E-state index is 11.8. The molecule has 2 aromatic heterocycles. The van der Waals surface area contributed by atoms with Gasteiger partial charge in [-0.3, -0.25) is 14.9 Å². The first-order valence-electron chi connectivity index (χ1n) is 9.05. The van der Waals surface area contributed by atoms with Gasteiger partial charge in [-0.05, 0) is 48.6 Å². The van der Waals surface area contributed by atoms with E-state index in [1.54, 1.807) is 29.2 Å². The highest BCUT2D eigenvalue weighted by atomic mass is 32.1. The number of benzene rings is 1. The second-order valence-corrected chi connectivity index (χ2v) is 7.23. The number of nitrogens with zero attached hydrogens (tertiary/aromatic N) is 6. The standard InChI is InChI=1S/C18H16N6O5S/c25-18(26)12-5-7-23(8-6-12)16-15(24(27)28)17(20-10-19-16)29-13-3-1-11(2-4-13)14-9-30-22-21-14/h1-4,9-10,12H,5-8H2,(H,25,26). The molecule has 0 atom stereocenters. The highest BCUT2D eigenvalue weighted by Gasteiger charge is 2.32. The number of rotatable bonds is 6. The normalized spacial score (nSPS) is 14.5. The van der Waals surface area contributed by atoms with E-state index in [4.69, 9.17) is 9.84 Å². The first kappa shape index (κ1) is 19.6. The van der Waals surface area contributed by atoms with Gasteiger partial charge in [0.05, 0.1) is 10.8 Å². The molecule has 4 rings (SSSR count). The Morgan fingerprint density at radius 3 is 2.57 bits per heavy atom. The van der Waals surface area contributed by atoms with Gasteiger partial charge in [0.15, 0.2) is 0 Å². The molecule has 0 aliphatic carbocycles. The van der Waals surface area contributed by atoms with Crippen LogP contribution in [-0.2, 0) is 4.79 Å². The van der Waals surface area contributed by atoms with Crippen LogP contribution in [0.1, 0.15) is 12.8 Å². The Morgan fingerprint density at radius 2 is 1.97 bits per heavy atom. The second-order valence-electron chi connectivity index (χ2n) is 6.62. The van der Waals surface area contributed by atoms with Crippen LogP contribution in [0.3, 0.4) is 0 Å². The fourth-order valence-electron chi connectivity index (χ4n) is 3.25. The topological polar surface area (TPSA) is 144 Å². The molecule has 1 aromatic carbocycles. The molecule has 0 amide bonds. The largest absolute Gasteiger partial charge is 0.481 e. The number of hydrogen-bond donors (Lipinski definition) is 1. The number of aliphatic carboxylic acids is 1. The van der Waals surface area contributed by atoms with Crippen LogP contribution >= 0.6 is 11.5 Å². The smallest absolute Gasteiger partial charge is 0.373 e. The van der Waals surface area contributed by atoms with E-state index in [0.717, 1.165) is 11.3 Å². The lowest BCUT2D eigenvalue weighted by molar-refractivity contribution is -0.385. The molecule has 1 N–H and O–H groups in total. The van der Waals surface area contributed by atoms with Gasteiger partial charge in [0.25, 0.3) is 0 Å². The van der Waals surface area contributed by atoms with E-state index in [-0.39, 0.29) is 17.4 Å². The quantitative estimate of drug-likeness (QED) is 0.459. The van der Waals surface area contributed by atoms with Crippen LogP contribution in [0.4, 0.5) is 11.5 Å². The molecular weight excluding hydrogens is 412 g/mol. The lowest BCUT2D eigenvalue weighted by Crippen LogP contribution is -2.37. The van der Waals surface area contributed by atoms with Crippen molar-refractivity contribution < 1.29 is 19.6 Å². The van der Waals surface area contributed by atoms with Gasteiger partial charge in [0.2, 0.25) is 5.82 Å². The summed E-state index contributed by atoms with van der Waals surface area (Å²) < 4.78 is 9.51. The summed E-state index contributed by atoms with van der Waals surface area (Å²) in [4.78, 5) is 32.1. The highest BCUT2D eigenvalue weighted by molar-refractivity contribution is 7.03. The Kier molecular flexibility index (Phi) is 5.48. The minimum absolute atomic E-state index is 0.124. The Labute approximate surface area is 174 Å². The SMILES string of the molecule is O=C(O)C1CCN(c2ncnc(Oc3ccc(-c4csnn4)cc3)c2[N+](=O)[O-])CC1. The van der Waals surface area contributed by atoms with Crippen LogP contribution in [0, 0.1) is 16.0 Å². The lowest BCUT2D eigenvalue weighted by Gasteiger charge is -2.30. The predicted octanol–water partition coefficient (Wildman–Crippen LogP) is 3.00. The zero-order valence-electron chi connectivity index (χ0n) is 15.5. The lowest BCUT2D eigenvalue weighted by atomic mass is 9.97. The van der Waals surface area contributed by atoms with Crippen LogP contribution < -0.4 is 9.64 Å². The Morgan fingerprint density at radius 1 is 1.23 bits per heavy atom. The molecule has 0 saturated carbocycles. The fraction of sp³-hybridized carbons (Fsp3) is 0.278. The highest BCUT2D eigenvalue weighted by Crippen LogP contribution is 2.37. The summed E-state index contributed by atoms with van der Waals surface area (Å²) in [5, 5.41) is 26.7. The van der Waals surface area contributed by atoms with Crippen molar-refractivity contribution in [3.8, 4) is 22.9 Å². The number of hydrogen-bond acceptors (Lipinski definition) is 10. The van der Waals surface area contributed by atoms with E-state index < -0.39 is 16.8 Å². The summed E-state index contributed by atoms with van der Waals surface area (Å²) in [5.41, 5.74) is 1.22. The molecule has 11 nitrogen and oxygen atoms in total. The van der Waals surface area contributed by atoms with Crippen molar-refractivity contribution in [1.29, 1.82) is 0 Å². The molecule has 0 bridgehead atoms. The number of anilines is 1. The Bertz CT molecular complexity index is 1050. The molecule has 1 fully saturated rings. The van der Waals surface area contributed by atoms with Gasteiger partial charge in [-0.25, -0.2) is 4.98 Å². The van der Waals surface area contributed by atoms with Crippen LogP contribution in [0.25, 0.3) is 11.3 Å². The Hall–Kier alpha value is -3.67. The zero-order chi connectivity index (χ0) is 21.1. The van der Waals surface area contributed by atoms with Crippen LogP contribution in [0.15, 0.2) is 36.0 Å². The number of aromatic nitrogens is 4. The summed E-state index contributed by atoms with van der Waals surface area (Å²) in [6.07, 6.45) is 1.98. The van der Waals surface area contributed by atoms with Gasteiger partial charge < -0.3 is 14.7 Å². The molecule has 0 spiro atoms. The molecule has 12 heteroatoms. The molecular formula is C18H16N6O5S. The van der Waals surface area contributed by atoms with Crippen molar-refractivity contribution in [1.82, 2.24) is 19.6 Å². The van der Waals surface area contributed by atoms with Crippen molar-refractivity contribution in [2.45, 2.75) is 12.8 Å². The van der Waals surface area contributed by atoms with E-state index in [9.17, 15) is 14.9 Å². The van der Waals surface area contributed by atoms with Crippen molar-refractivity contribution >= 4 is 29.0 Å². The van der Waals surface area contributed by atoms with Gasteiger partial charge in [-0.2, -0.15) is 4.98 Å². The van der Waals surface area contributed by atoms with Gasteiger partial charge in [0.1, 0.15) is 17.8 Å². The second kappa shape index (κ2) is 8.37. The minimum atomic E-state index is -0.854. The van der Waals surface area contributed by atoms with E-state index >= 15 is 0 Å². The van der Waals surface area contributed by atoms with E-state index in [2.05, 4.69) is 19.6 Å². The maximum absolute atomic E-state index is 11.8. The molecule has 1 aliphatic heterocycles. The first-order chi connectivity index (χ1) is 14.5. The number of carboxylic acids is 1. The number of carbonyl (C=O) groups is 1. The van der Waals surface area contributed by atoms with E-state index in [0.29, 0.717) is 31.7 Å². The van der Waals surface area contributed by atoms with Crippen molar-refractivity contribution in [3.63, 3.8) is 0 Å². The minimum Gasteiger partial charge on any atom is -0.481 e. The molecule has 0 radical (unpaired) electrons. The summed E-state index contributed by atoms with van der Waals surface area (Å²) in [7, 11) is 0. The number of nitro groups is 1. The molecule has 1 saturated heterocycles. The maximum Gasteiger partial charge on any atom is 0.373 e.